The van der Waals surface area contributed by atoms with Crippen LogP contribution >= 0.6 is 11.6 Å². The predicted molar refractivity (Wildman–Crippen MR) is 93.8 cm³/mol. The van der Waals surface area contributed by atoms with Gasteiger partial charge in [-0.05, 0) is 29.7 Å². The fourth-order valence-corrected chi connectivity index (χ4v) is 2.67. The number of methoxy groups -OCH3 is 1. The monoisotopic (exact) mass is 331 g/mol. The van der Waals surface area contributed by atoms with Gasteiger partial charge in [0, 0.05) is 0 Å². The molecular formula is C19H22ClNO2. The molecule has 1 N–H and O–H groups in total. The molecule has 2 aromatic rings. The molecule has 4 heteroatoms. The van der Waals surface area contributed by atoms with Gasteiger partial charge in [-0.1, -0.05) is 55.8 Å². The first-order valence-electron chi connectivity index (χ1n) is 7.79. The Morgan fingerprint density at radius 3 is 2.30 bits per heavy atom. The number of rotatable bonds is 7. The highest BCUT2D eigenvalue weighted by Gasteiger charge is 2.21. The molecule has 0 bridgehead atoms. The van der Waals surface area contributed by atoms with Crippen molar-refractivity contribution in [2.45, 2.75) is 31.2 Å². The third-order valence-electron chi connectivity index (χ3n) is 3.73. The Hall–Kier alpha value is -2.00. The maximum atomic E-state index is 12.5. The van der Waals surface area contributed by atoms with Gasteiger partial charge >= 0.3 is 0 Å². The number of benzene rings is 2. The lowest BCUT2D eigenvalue weighted by Gasteiger charge is -2.20. The van der Waals surface area contributed by atoms with Crippen molar-refractivity contribution in [1.82, 2.24) is 5.32 Å². The van der Waals surface area contributed by atoms with Crippen LogP contribution in [0, 0.1) is 0 Å². The summed E-state index contributed by atoms with van der Waals surface area (Å²) in [6, 6.07) is 17.2. The van der Waals surface area contributed by atoms with Gasteiger partial charge in [-0.2, -0.15) is 0 Å². The second-order valence-corrected chi connectivity index (χ2v) is 5.83. The summed E-state index contributed by atoms with van der Waals surface area (Å²) in [7, 11) is 1.61. The summed E-state index contributed by atoms with van der Waals surface area (Å²) in [6.45, 7) is 2.10. The average Bonchev–Trinajstić information content (AvgIpc) is 2.61. The van der Waals surface area contributed by atoms with E-state index in [-0.39, 0.29) is 11.9 Å². The van der Waals surface area contributed by atoms with Crippen LogP contribution in [0.2, 0.25) is 0 Å². The van der Waals surface area contributed by atoms with Gasteiger partial charge in [-0.3, -0.25) is 4.79 Å². The molecule has 0 aliphatic carbocycles. The minimum Gasteiger partial charge on any atom is -0.497 e. The summed E-state index contributed by atoms with van der Waals surface area (Å²) in [4.78, 5) is 12.5. The van der Waals surface area contributed by atoms with Crippen LogP contribution in [0.25, 0.3) is 0 Å². The number of ether oxygens (including phenoxy) is 1. The van der Waals surface area contributed by atoms with E-state index in [1.165, 1.54) is 0 Å². The molecule has 2 aromatic carbocycles. The Balaban J connectivity index is 2.08. The molecule has 0 heterocycles. The first kappa shape index (κ1) is 17.4. The molecule has 0 radical (unpaired) electrons. The van der Waals surface area contributed by atoms with Crippen molar-refractivity contribution < 1.29 is 9.53 Å². The summed E-state index contributed by atoms with van der Waals surface area (Å²) in [6.07, 6.45) is 1.86. The first-order chi connectivity index (χ1) is 11.2. The molecule has 2 unspecified atom stereocenters. The summed E-state index contributed by atoms with van der Waals surface area (Å²) in [5.41, 5.74) is 1.86. The van der Waals surface area contributed by atoms with E-state index >= 15 is 0 Å². The van der Waals surface area contributed by atoms with Crippen molar-refractivity contribution in [1.29, 1.82) is 0 Å². The zero-order chi connectivity index (χ0) is 16.7. The number of hydrogen-bond donors (Lipinski definition) is 1. The fraction of sp³-hybridized carbons (Fsp3) is 0.316. The van der Waals surface area contributed by atoms with Crippen molar-refractivity contribution in [3.63, 3.8) is 0 Å². The number of halogens is 1. The van der Waals surface area contributed by atoms with Gasteiger partial charge in [0.25, 0.3) is 0 Å². The largest absolute Gasteiger partial charge is 0.497 e. The molecule has 0 aromatic heterocycles. The number of nitrogens with one attached hydrogen (secondary N) is 1. The highest BCUT2D eigenvalue weighted by atomic mass is 35.5. The van der Waals surface area contributed by atoms with Crippen LogP contribution in [-0.4, -0.2) is 13.0 Å². The second-order valence-electron chi connectivity index (χ2n) is 5.40. The smallest absolute Gasteiger partial charge is 0.243 e. The number of carbonyl (C=O) groups excluding carboxylic acids is 1. The number of carbonyl (C=O) groups is 1. The van der Waals surface area contributed by atoms with E-state index in [1.54, 1.807) is 19.2 Å². The van der Waals surface area contributed by atoms with Crippen LogP contribution in [0.4, 0.5) is 0 Å². The van der Waals surface area contributed by atoms with Crippen LogP contribution in [0.15, 0.2) is 54.6 Å². The van der Waals surface area contributed by atoms with E-state index in [0.29, 0.717) is 0 Å². The van der Waals surface area contributed by atoms with Gasteiger partial charge in [0.2, 0.25) is 5.91 Å². The van der Waals surface area contributed by atoms with Crippen LogP contribution in [0.3, 0.4) is 0 Å². The lowest BCUT2D eigenvalue weighted by atomic mass is 10.0. The quantitative estimate of drug-likeness (QED) is 0.751. The van der Waals surface area contributed by atoms with Crippen LogP contribution in [-0.2, 0) is 4.79 Å². The maximum absolute atomic E-state index is 12.5. The third-order valence-corrected chi connectivity index (χ3v) is 4.18. The number of alkyl halides is 1. The number of amides is 1. The molecule has 0 saturated heterocycles. The lowest BCUT2D eigenvalue weighted by Crippen LogP contribution is -2.31. The van der Waals surface area contributed by atoms with Crippen molar-refractivity contribution in [2.24, 2.45) is 0 Å². The standard InChI is InChI=1S/C19H22ClNO2/c1-3-7-17(14-8-5-4-6-9-14)21-19(22)18(20)15-10-12-16(23-2)13-11-15/h4-6,8-13,17-18H,3,7H2,1-2H3,(H,21,22). The summed E-state index contributed by atoms with van der Waals surface area (Å²) in [5.74, 6) is 0.560. The third kappa shape index (κ3) is 4.73. The highest BCUT2D eigenvalue weighted by molar-refractivity contribution is 6.30. The van der Waals surface area contributed by atoms with Gasteiger partial charge < -0.3 is 10.1 Å². The van der Waals surface area contributed by atoms with Crippen LogP contribution in [0.1, 0.15) is 42.3 Å². The molecule has 0 aliphatic rings. The molecule has 2 atom stereocenters. The molecule has 0 saturated carbocycles. The Kier molecular flexibility index (Phi) is 6.48. The molecule has 0 fully saturated rings. The predicted octanol–water partition coefficient (Wildman–Crippen LogP) is 4.63. The van der Waals surface area contributed by atoms with Gasteiger partial charge in [-0.25, -0.2) is 0 Å². The Morgan fingerprint density at radius 1 is 1.09 bits per heavy atom. The highest BCUT2D eigenvalue weighted by Crippen LogP contribution is 2.25. The Bertz CT molecular complexity index is 613. The molecular weight excluding hydrogens is 310 g/mol. The van der Waals surface area contributed by atoms with E-state index < -0.39 is 5.38 Å². The van der Waals surface area contributed by atoms with Crippen molar-refractivity contribution >= 4 is 17.5 Å². The molecule has 1 amide bonds. The van der Waals surface area contributed by atoms with Gasteiger partial charge in [0.15, 0.2) is 0 Å². The first-order valence-corrected chi connectivity index (χ1v) is 8.22. The second kappa shape index (κ2) is 8.59. The number of hydrogen-bond acceptors (Lipinski definition) is 2. The Labute approximate surface area is 142 Å². The van der Waals surface area contributed by atoms with E-state index in [2.05, 4.69) is 12.2 Å². The van der Waals surface area contributed by atoms with E-state index in [0.717, 1.165) is 29.7 Å². The SMILES string of the molecule is CCCC(NC(=O)C(Cl)c1ccc(OC)cc1)c1ccccc1. The normalized spacial score (nSPS) is 13.2. The summed E-state index contributed by atoms with van der Waals surface area (Å²) < 4.78 is 5.12. The van der Waals surface area contributed by atoms with Crippen molar-refractivity contribution in [3.8, 4) is 5.75 Å². The molecule has 3 nitrogen and oxygen atoms in total. The minimum absolute atomic E-state index is 0.0202. The molecule has 122 valence electrons. The minimum atomic E-state index is -0.719. The maximum Gasteiger partial charge on any atom is 0.243 e. The van der Waals surface area contributed by atoms with Gasteiger partial charge in [-0.15, -0.1) is 11.6 Å². The topological polar surface area (TPSA) is 38.3 Å². The van der Waals surface area contributed by atoms with Crippen LogP contribution < -0.4 is 10.1 Å². The lowest BCUT2D eigenvalue weighted by molar-refractivity contribution is -0.121. The van der Waals surface area contributed by atoms with E-state index in [9.17, 15) is 4.79 Å². The summed E-state index contributed by atoms with van der Waals surface area (Å²) in [5, 5.41) is 2.34. The Morgan fingerprint density at radius 2 is 1.74 bits per heavy atom. The van der Waals surface area contributed by atoms with Crippen molar-refractivity contribution in [3.05, 3.63) is 65.7 Å². The molecule has 23 heavy (non-hydrogen) atoms. The molecule has 0 aliphatic heterocycles. The summed E-state index contributed by atoms with van der Waals surface area (Å²) >= 11 is 6.33. The zero-order valence-electron chi connectivity index (χ0n) is 13.5. The fourth-order valence-electron chi connectivity index (χ4n) is 2.47. The van der Waals surface area contributed by atoms with Gasteiger partial charge in [0.1, 0.15) is 11.1 Å². The zero-order valence-corrected chi connectivity index (χ0v) is 14.2. The van der Waals surface area contributed by atoms with Crippen LogP contribution in [0.5, 0.6) is 5.75 Å². The van der Waals surface area contributed by atoms with E-state index in [1.807, 2.05) is 42.5 Å². The van der Waals surface area contributed by atoms with E-state index in [4.69, 9.17) is 16.3 Å². The van der Waals surface area contributed by atoms with Crippen molar-refractivity contribution in [2.75, 3.05) is 7.11 Å². The molecule has 0 spiro atoms. The average molecular weight is 332 g/mol. The van der Waals surface area contributed by atoms with Gasteiger partial charge in [0.05, 0.1) is 13.2 Å². The molecule has 2 rings (SSSR count).